The molecule has 0 aliphatic carbocycles. The summed E-state index contributed by atoms with van der Waals surface area (Å²) in [5.74, 6) is 2.01. The Morgan fingerprint density at radius 1 is 0.765 bits per heavy atom. The molecule has 2 heterocycles. The fourth-order valence-electron chi connectivity index (χ4n) is 3.70. The number of rotatable bonds is 6. The number of aromatic nitrogens is 5. The Hall–Kier alpha value is -4.17. The molecule has 0 aliphatic rings. The van der Waals surface area contributed by atoms with E-state index in [4.69, 9.17) is 35.9 Å². The molecule has 5 aromatic rings. The third kappa shape index (κ3) is 3.78. The van der Waals surface area contributed by atoms with Gasteiger partial charge in [0.15, 0.2) is 17.3 Å². The molecule has 8 nitrogen and oxygen atoms in total. The Kier molecular flexibility index (Phi) is 5.73. The highest BCUT2D eigenvalue weighted by Gasteiger charge is 2.22. The van der Waals surface area contributed by atoms with Gasteiger partial charge < -0.3 is 14.2 Å². The van der Waals surface area contributed by atoms with E-state index in [9.17, 15) is 0 Å². The zero-order valence-electron chi connectivity index (χ0n) is 18.7. The fourth-order valence-corrected chi connectivity index (χ4v) is 3.83. The number of benzene rings is 3. The van der Waals surface area contributed by atoms with E-state index in [2.05, 4.69) is 10.2 Å². The minimum atomic E-state index is 0.493. The summed E-state index contributed by atoms with van der Waals surface area (Å²) in [7, 11) is 4.71. The van der Waals surface area contributed by atoms with Crippen LogP contribution >= 0.6 is 11.6 Å². The Balaban J connectivity index is 1.79. The first-order valence-corrected chi connectivity index (χ1v) is 10.8. The molecule has 0 amide bonds. The van der Waals surface area contributed by atoms with Crippen molar-refractivity contribution < 1.29 is 14.2 Å². The van der Waals surface area contributed by atoms with Gasteiger partial charge in [0.2, 0.25) is 11.4 Å². The second-order valence-electron chi connectivity index (χ2n) is 7.32. The zero-order chi connectivity index (χ0) is 23.7. The van der Waals surface area contributed by atoms with Crippen LogP contribution in [0.1, 0.15) is 0 Å². The number of methoxy groups -OCH3 is 3. The van der Waals surface area contributed by atoms with E-state index in [1.165, 1.54) is 0 Å². The van der Waals surface area contributed by atoms with E-state index in [-0.39, 0.29) is 0 Å². The molecule has 0 unspecified atom stereocenters. The lowest BCUT2D eigenvalue weighted by molar-refractivity contribution is 0.324. The van der Waals surface area contributed by atoms with Crippen molar-refractivity contribution in [2.45, 2.75) is 0 Å². The molecule has 0 bridgehead atoms. The standard InChI is InChI=1S/C25H20ClN5O3/c1-32-19-13-16(14-20(33-2)23(19)34-3)21-22-25(31(30-21)18-11-9-17(26)10-12-18)29-28-24(27-22)15-7-5-4-6-8-15/h4-14H,1-3H3. The average molecular weight is 474 g/mol. The topological polar surface area (TPSA) is 84.2 Å². The van der Waals surface area contributed by atoms with Gasteiger partial charge in [0.25, 0.3) is 0 Å². The van der Waals surface area contributed by atoms with E-state index in [0.717, 1.165) is 16.8 Å². The van der Waals surface area contributed by atoms with Crippen LogP contribution in [0.3, 0.4) is 0 Å². The smallest absolute Gasteiger partial charge is 0.204 e. The molecule has 0 N–H and O–H groups in total. The quantitative estimate of drug-likeness (QED) is 0.334. The molecule has 0 atom stereocenters. The summed E-state index contributed by atoms with van der Waals surface area (Å²) in [6, 6.07) is 20.7. The van der Waals surface area contributed by atoms with Gasteiger partial charge in [-0.05, 0) is 36.4 Å². The predicted octanol–water partition coefficient (Wildman–Crippen LogP) is 5.22. The van der Waals surface area contributed by atoms with E-state index >= 15 is 0 Å². The van der Waals surface area contributed by atoms with Crippen LogP contribution < -0.4 is 14.2 Å². The summed E-state index contributed by atoms with van der Waals surface area (Å²) in [6.45, 7) is 0. The second kappa shape index (κ2) is 8.99. The van der Waals surface area contributed by atoms with Gasteiger partial charge in [0.05, 0.1) is 27.0 Å². The van der Waals surface area contributed by atoms with Gasteiger partial charge in [-0.2, -0.15) is 5.10 Å². The molecular weight excluding hydrogens is 454 g/mol. The molecule has 3 aromatic carbocycles. The number of fused-ring (bicyclic) bond motifs is 1. The van der Waals surface area contributed by atoms with Crippen LogP contribution in [0.15, 0.2) is 66.7 Å². The second-order valence-corrected chi connectivity index (χ2v) is 7.76. The molecule has 9 heteroatoms. The van der Waals surface area contributed by atoms with Gasteiger partial charge in [-0.25, -0.2) is 9.67 Å². The molecule has 170 valence electrons. The minimum absolute atomic E-state index is 0.493. The first kappa shape index (κ1) is 21.7. The van der Waals surface area contributed by atoms with Crippen LogP contribution in [0.4, 0.5) is 0 Å². The van der Waals surface area contributed by atoms with E-state index in [0.29, 0.717) is 45.0 Å². The maximum Gasteiger partial charge on any atom is 0.204 e. The van der Waals surface area contributed by atoms with Crippen molar-refractivity contribution in [3.63, 3.8) is 0 Å². The summed E-state index contributed by atoms with van der Waals surface area (Å²) >= 11 is 6.09. The largest absolute Gasteiger partial charge is 0.493 e. The van der Waals surface area contributed by atoms with Gasteiger partial charge in [-0.3, -0.25) is 0 Å². The number of hydrogen-bond acceptors (Lipinski definition) is 7. The van der Waals surface area contributed by atoms with Crippen LogP contribution in [0.25, 0.3) is 39.5 Å². The Bertz CT molecular complexity index is 1440. The van der Waals surface area contributed by atoms with Crippen LogP contribution in [0.2, 0.25) is 5.02 Å². The van der Waals surface area contributed by atoms with Crippen molar-refractivity contribution in [2.75, 3.05) is 21.3 Å². The van der Waals surface area contributed by atoms with Gasteiger partial charge in [-0.1, -0.05) is 41.9 Å². The molecule has 34 heavy (non-hydrogen) atoms. The first-order valence-electron chi connectivity index (χ1n) is 10.4. The van der Waals surface area contributed by atoms with Crippen molar-refractivity contribution >= 4 is 22.8 Å². The predicted molar refractivity (Wildman–Crippen MR) is 130 cm³/mol. The Morgan fingerprint density at radius 3 is 2.06 bits per heavy atom. The third-order valence-electron chi connectivity index (χ3n) is 5.34. The molecule has 0 radical (unpaired) electrons. The molecule has 0 aliphatic heterocycles. The summed E-state index contributed by atoms with van der Waals surface area (Å²) in [5.41, 5.74) is 4.04. The summed E-state index contributed by atoms with van der Waals surface area (Å²) in [4.78, 5) is 4.84. The molecule has 5 rings (SSSR count). The molecule has 0 fully saturated rings. The highest BCUT2D eigenvalue weighted by molar-refractivity contribution is 6.30. The van der Waals surface area contributed by atoms with Gasteiger partial charge in [-0.15, -0.1) is 10.2 Å². The van der Waals surface area contributed by atoms with Crippen molar-refractivity contribution in [1.82, 2.24) is 25.0 Å². The van der Waals surface area contributed by atoms with Crippen LogP contribution in [0.5, 0.6) is 17.2 Å². The Labute approximate surface area is 200 Å². The number of nitrogens with zero attached hydrogens (tertiary/aromatic N) is 5. The maximum atomic E-state index is 6.09. The van der Waals surface area contributed by atoms with Gasteiger partial charge in [0.1, 0.15) is 11.2 Å². The van der Waals surface area contributed by atoms with Crippen molar-refractivity contribution in [2.24, 2.45) is 0 Å². The third-order valence-corrected chi connectivity index (χ3v) is 5.59. The number of hydrogen-bond donors (Lipinski definition) is 0. The van der Waals surface area contributed by atoms with E-state index in [1.807, 2.05) is 54.6 Å². The highest BCUT2D eigenvalue weighted by atomic mass is 35.5. The average Bonchev–Trinajstić information content (AvgIpc) is 3.27. The molecule has 0 spiro atoms. The molecule has 0 saturated carbocycles. The van der Waals surface area contributed by atoms with Crippen LogP contribution in [-0.2, 0) is 0 Å². The monoisotopic (exact) mass is 473 g/mol. The van der Waals surface area contributed by atoms with Gasteiger partial charge >= 0.3 is 0 Å². The SMILES string of the molecule is COc1cc(-c2nn(-c3ccc(Cl)cc3)c3nnc(-c4ccccc4)nc23)cc(OC)c1OC. The minimum Gasteiger partial charge on any atom is -0.493 e. The number of halogens is 1. The fraction of sp³-hybridized carbons (Fsp3) is 0.120. The highest BCUT2D eigenvalue weighted by Crippen LogP contribution is 2.42. The Morgan fingerprint density at radius 2 is 1.44 bits per heavy atom. The lowest BCUT2D eigenvalue weighted by atomic mass is 10.1. The van der Waals surface area contributed by atoms with Crippen LogP contribution in [0, 0.1) is 0 Å². The van der Waals surface area contributed by atoms with Crippen molar-refractivity contribution in [1.29, 1.82) is 0 Å². The molecular formula is C25H20ClN5O3. The summed E-state index contributed by atoms with van der Waals surface area (Å²) in [5, 5.41) is 14.3. The number of ether oxygens (including phenoxy) is 3. The lowest BCUT2D eigenvalue weighted by Gasteiger charge is -2.13. The van der Waals surface area contributed by atoms with Crippen LogP contribution in [-0.4, -0.2) is 46.3 Å². The zero-order valence-corrected chi connectivity index (χ0v) is 19.4. The van der Waals surface area contributed by atoms with Crippen molar-refractivity contribution in [3.05, 3.63) is 71.8 Å². The molecule has 0 saturated heterocycles. The van der Waals surface area contributed by atoms with E-state index in [1.54, 1.807) is 38.1 Å². The molecule has 2 aromatic heterocycles. The normalized spacial score (nSPS) is 10.9. The summed E-state index contributed by atoms with van der Waals surface area (Å²) < 4.78 is 18.3. The van der Waals surface area contributed by atoms with Crippen molar-refractivity contribution in [3.8, 4) is 45.6 Å². The van der Waals surface area contributed by atoms with Gasteiger partial charge in [0, 0.05) is 16.1 Å². The first-order chi connectivity index (χ1) is 16.6. The van der Waals surface area contributed by atoms with E-state index < -0.39 is 0 Å². The maximum absolute atomic E-state index is 6.09. The lowest BCUT2D eigenvalue weighted by Crippen LogP contribution is -2.00. The summed E-state index contributed by atoms with van der Waals surface area (Å²) in [6.07, 6.45) is 0.